The van der Waals surface area contributed by atoms with Crippen LogP contribution in [0.15, 0.2) is 35.4 Å². The molecule has 7 nitrogen and oxygen atoms in total. The Hall–Kier alpha value is -2.60. The lowest BCUT2D eigenvalue weighted by atomic mass is 9.85. The predicted molar refractivity (Wildman–Crippen MR) is 125 cm³/mol. The van der Waals surface area contributed by atoms with E-state index < -0.39 is 34.1 Å². The zero-order chi connectivity index (χ0) is 25.2. The minimum atomic E-state index is -1.30. The molecule has 2 aromatic carbocycles. The van der Waals surface area contributed by atoms with Crippen LogP contribution in [0.4, 0.5) is 13.2 Å². The van der Waals surface area contributed by atoms with Gasteiger partial charge in [-0.1, -0.05) is 11.8 Å². The Morgan fingerprint density at radius 1 is 1.26 bits per heavy atom. The lowest BCUT2D eigenvalue weighted by Crippen LogP contribution is -2.52. The molecule has 0 aromatic heterocycles. The number of aryl methyl sites for hydroxylation is 1. The number of ether oxygens (including phenoxy) is 3. The van der Waals surface area contributed by atoms with E-state index in [2.05, 4.69) is 5.10 Å². The Morgan fingerprint density at radius 3 is 2.80 bits per heavy atom. The highest BCUT2D eigenvalue weighted by atomic mass is 32.2. The van der Waals surface area contributed by atoms with Crippen LogP contribution in [0.2, 0.25) is 0 Å². The summed E-state index contributed by atoms with van der Waals surface area (Å²) in [5, 5.41) is 5.74. The number of benzene rings is 2. The minimum Gasteiger partial charge on any atom is -0.492 e. The van der Waals surface area contributed by atoms with Crippen molar-refractivity contribution < 1.29 is 32.2 Å². The number of carbonyl (C=O) groups excluding carboxylic acids is 1. The molecular weight excluding hydrogens is 483 g/mol. The van der Waals surface area contributed by atoms with Gasteiger partial charge < -0.3 is 19.9 Å². The van der Waals surface area contributed by atoms with Crippen LogP contribution in [0.25, 0.3) is 0 Å². The molecule has 0 bridgehead atoms. The number of carbonyl (C=O) groups is 1. The molecule has 2 aliphatic heterocycles. The molecule has 188 valence electrons. The summed E-state index contributed by atoms with van der Waals surface area (Å²) < 4.78 is 59.8. The first-order valence-electron chi connectivity index (χ1n) is 11.1. The van der Waals surface area contributed by atoms with E-state index in [0.717, 1.165) is 30.0 Å². The molecule has 1 spiro atoms. The second-order valence-corrected chi connectivity index (χ2v) is 9.48. The van der Waals surface area contributed by atoms with Crippen LogP contribution >= 0.6 is 11.8 Å². The molecule has 2 aromatic rings. The average molecular weight is 510 g/mol. The number of nitrogens with two attached hydrogens (primary N) is 1. The maximum Gasteiger partial charge on any atom is 0.270 e. The third-order valence-electron chi connectivity index (χ3n) is 5.93. The van der Waals surface area contributed by atoms with Gasteiger partial charge in [0, 0.05) is 24.2 Å². The van der Waals surface area contributed by atoms with Gasteiger partial charge >= 0.3 is 0 Å². The fourth-order valence-electron chi connectivity index (χ4n) is 4.36. The first kappa shape index (κ1) is 25.5. The second-order valence-electron chi connectivity index (χ2n) is 8.26. The predicted octanol–water partition coefficient (Wildman–Crippen LogP) is 3.52. The summed E-state index contributed by atoms with van der Waals surface area (Å²) >= 11 is 1.06. The first-order chi connectivity index (χ1) is 16.8. The van der Waals surface area contributed by atoms with Gasteiger partial charge in [0.2, 0.25) is 0 Å². The number of hydrazone groups is 1. The smallest absolute Gasteiger partial charge is 0.270 e. The summed E-state index contributed by atoms with van der Waals surface area (Å²) in [5.41, 5.74) is 6.71. The van der Waals surface area contributed by atoms with Crippen LogP contribution in [-0.4, -0.2) is 56.0 Å². The normalized spacial score (nSPS) is 21.1. The van der Waals surface area contributed by atoms with E-state index >= 15 is 0 Å². The minimum absolute atomic E-state index is 0.0871. The second kappa shape index (κ2) is 10.6. The number of fused-ring (bicyclic) bond motifs is 2. The van der Waals surface area contributed by atoms with E-state index in [4.69, 9.17) is 19.9 Å². The quantitative estimate of drug-likeness (QED) is 0.548. The number of hydrogen-bond donors (Lipinski definition) is 1. The van der Waals surface area contributed by atoms with Gasteiger partial charge in [-0.3, -0.25) is 4.79 Å². The van der Waals surface area contributed by atoms with Gasteiger partial charge in [0.1, 0.15) is 34.9 Å². The number of thioether (sulfide) groups is 1. The van der Waals surface area contributed by atoms with Gasteiger partial charge in [0.05, 0.1) is 19.8 Å². The zero-order valence-corrected chi connectivity index (χ0v) is 20.2. The molecule has 35 heavy (non-hydrogen) atoms. The first-order valence-corrected chi connectivity index (χ1v) is 11.9. The monoisotopic (exact) mass is 509 g/mol. The Kier molecular flexibility index (Phi) is 7.70. The highest BCUT2D eigenvalue weighted by Gasteiger charge is 2.57. The maximum atomic E-state index is 14.8. The van der Waals surface area contributed by atoms with Crippen LogP contribution in [0.5, 0.6) is 5.75 Å². The maximum absolute atomic E-state index is 14.8. The van der Waals surface area contributed by atoms with Gasteiger partial charge in [-0.15, -0.1) is 0 Å². The summed E-state index contributed by atoms with van der Waals surface area (Å²) in [5.74, 6) is -2.41. The fourth-order valence-corrected chi connectivity index (χ4v) is 5.89. The van der Waals surface area contributed by atoms with Gasteiger partial charge in [-0.25, -0.2) is 18.2 Å². The van der Waals surface area contributed by atoms with Gasteiger partial charge in [0.25, 0.3) is 5.91 Å². The molecule has 2 N–H and O–H groups in total. The number of methoxy groups -OCH3 is 1. The largest absolute Gasteiger partial charge is 0.492 e. The zero-order valence-electron chi connectivity index (χ0n) is 19.4. The van der Waals surface area contributed by atoms with E-state index in [-0.39, 0.29) is 43.6 Å². The fraction of sp³-hybridized carbons (Fsp3) is 0.417. The molecule has 0 fully saturated rings. The molecule has 0 saturated carbocycles. The van der Waals surface area contributed by atoms with E-state index in [9.17, 15) is 18.0 Å². The van der Waals surface area contributed by atoms with E-state index in [1.807, 2.05) is 0 Å². The standard InChI is InChI=1S/C24H26F3N3O4S/c1-14-9-17(26)11-19-22(14)34-12-15(5-6-28)24(19)30(21(31)13-33-8-7-32-2)29-23(35-24)18-10-16(25)3-4-20(18)27/h3-4,9-11,15H,5-8,12-13,28H2,1-2H3/t15-,24+/m1/s1. The molecule has 0 radical (unpaired) electrons. The highest BCUT2D eigenvalue weighted by Crippen LogP contribution is 2.58. The average Bonchev–Trinajstić information content (AvgIpc) is 3.21. The number of rotatable bonds is 8. The van der Waals surface area contributed by atoms with Crippen molar-refractivity contribution in [1.82, 2.24) is 5.01 Å². The van der Waals surface area contributed by atoms with Crippen molar-refractivity contribution in [3.05, 3.63) is 64.5 Å². The third kappa shape index (κ3) is 4.77. The van der Waals surface area contributed by atoms with Gasteiger partial charge in [0.15, 0.2) is 4.87 Å². The lowest BCUT2D eigenvalue weighted by Gasteiger charge is -2.45. The van der Waals surface area contributed by atoms with Crippen molar-refractivity contribution in [1.29, 1.82) is 0 Å². The molecule has 4 rings (SSSR count). The molecule has 0 aliphatic carbocycles. The summed E-state index contributed by atoms with van der Waals surface area (Å²) in [4.78, 5) is 12.2. The Balaban J connectivity index is 1.86. The molecular formula is C24H26F3N3O4S. The van der Waals surface area contributed by atoms with Gasteiger partial charge in [-0.2, -0.15) is 5.10 Å². The number of halogens is 3. The lowest BCUT2D eigenvalue weighted by molar-refractivity contribution is -0.142. The summed E-state index contributed by atoms with van der Waals surface area (Å²) in [6, 6.07) is 5.65. The molecule has 2 aliphatic rings. The topological polar surface area (TPSA) is 86.4 Å². The number of nitrogens with zero attached hydrogens (tertiary/aromatic N) is 2. The number of hydrogen-bond acceptors (Lipinski definition) is 7. The van der Waals surface area contributed by atoms with Crippen molar-refractivity contribution in [3.8, 4) is 5.75 Å². The van der Waals surface area contributed by atoms with Crippen LogP contribution in [0, 0.1) is 30.3 Å². The highest BCUT2D eigenvalue weighted by molar-refractivity contribution is 8.15. The Morgan fingerprint density at radius 2 is 2.06 bits per heavy atom. The van der Waals surface area contributed by atoms with Crippen molar-refractivity contribution >= 4 is 22.7 Å². The van der Waals surface area contributed by atoms with Crippen LogP contribution in [0.3, 0.4) is 0 Å². The number of amides is 1. The van der Waals surface area contributed by atoms with Crippen LogP contribution in [0.1, 0.15) is 23.1 Å². The van der Waals surface area contributed by atoms with E-state index in [0.29, 0.717) is 23.3 Å². The third-order valence-corrected chi connectivity index (χ3v) is 7.47. The Bertz CT molecular complexity index is 1150. The molecule has 0 unspecified atom stereocenters. The van der Waals surface area contributed by atoms with E-state index in [1.54, 1.807) is 6.92 Å². The van der Waals surface area contributed by atoms with Crippen molar-refractivity contribution in [2.45, 2.75) is 18.2 Å². The van der Waals surface area contributed by atoms with Crippen LogP contribution < -0.4 is 10.5 Å². The van der Waals surface area contributed by atoms with E-state index in [1.165, 1.54) is 24.3 Å². The van der Waals surface area contributed by atoms with Crippen molar-refractivity contribution in [2.24, 2.45) is 16.8 Å². The molecule has 0 saturated heterocycles. The summed E-state index contributed by atoms with van der Waals surface area (Å²) in [6.45, 7) is 2.25. The SMILES string of the molecule is COCCOCC(=O)N1N=C(c2cc(F)ccc2F)S[C@@]12c1cc(F)cc(C)c1OC[C@H]2CCN. The van der Waals surface area contributed by atoms with Crippen molar-refractivity contribution in [2.75, 3.05) is 40.1 Å². The molecule has 2 heterocycles. The van der Waals surface area contributed by atoms with Gasteiger partial charge in [-0.05, 0) is 55.8 Å². The van der Waals surface area contributed by atoms with Crippen molar-refractivity contribution in [3.63, 3.8) is 0 Å². The molecule has 2 atom stereocenters. The molecule has 1 amide bonds. The van der Waals surface area contributed by atoms with Crippen LogP contribution in [-0.2, 0) is 19.1 Å². The summed E-state index contributed by atoms with van der Waals surface area (Å²) in [6.07, 6.45) is 0.407. The Labute approximate surface area is 205 Å². The molecule has 11 heteroatoms. The summed E-state index contributed by atoms with van der Waals surface area (Å²) in [7, 11) is 1.51.